The van der Waals surface area contributed by atoms with Crippen LogP contribution in [-0.2, 0) is 4.79 Å². The average Bonchev–Trinajstić information content (AvgIpc) is 3.06. The summed E-state index contributed by atoms with van der Waals surface area (Å²) in [6, 6.07) is 2.57. The lowest BCUT2D eigenvalue weighted by molar-refractivity contribution is -0.145. The van der Waals surface area contributed by atoms with E-state index in [0.29, 0.717) is 17.7 Å². The third kappa shape index (κ3) is 5.59. The molecule has 0 radical (unpaired) electrons. The van der Waals surface area contributed by atoms with Crippen LogP contribution in [0, 0.1) is 0 Å². The highest BCUT2D eigenvalue weighted by atomic mass is 32.2. The fourth-order valence-corrected chi connectivity index (χ4v) is 3.18. The molecule has 23 heavy (non-hydrogen) atoms. The second-order valence-electron chi connectivity index (χ2n) is 5.24. The van der Waals surface area contributed by atoms with Crippen molar-refractivity contribution in [3.63, 3.8) is 0 Å². The molecule has 1 fully saturated rings. The number of rotatable bonds is 9. The third-order valence-corrected chi connectivity index (χ3v) is 4.54. The molecule has 0 aliphatic carbocycles. The van der Waals surface area contributed by atoms with E-state index in [9.17, 15) is 19.8 Å². The van der Waals surface area contributed by atoms with E-state index in [1.807, 2.05) is 0 Å². The van der Waals surface area contributed by atoms with Crippen molar-refractivity contribution in [2.75, 3.05) is 18.1 Å². The number of hydrogen-bond donors (Lipinski definition) is 4. The molecule has 2 rings (SSSR count). The molecule has 2 heterocycles. The molecule has 0 spiro atoms. The number of urea groups is 1. The zero-order valence-electron chi connectivity index (χ0n) is 12.7. The van der Waals surface area contributed by atoms with Gasteiger partial charge in [0.05, 0.1) is 6.04 Å². The second kappa shape index (κ2) is 8.56. The van der Waals surface area contributed by atoms with E-state index >= 15 is 0 Å². The fraction of sp³-hybridized carbons (Fsp3) is 0.571. The number of carbonyl (C=O) groups is 2. The number of amides is 2. The Morgan fingerprint density at radius 2 is 2.04 bits per heavy atom. The van der Waals surface area contributed by atoms with E-state index in [-0.39, 0.29) is 30.3 Å². The Kier molecular flexibility index (Phi) is 6.45. The van der Waals surface area contributed by atoms with Crippen LogP contribution in [0.25, 0.3) is 0 Å². The highest BCUT2D eigenvalue weighted by molar-refractivity contribution is 7.99. The lowest BCUT2D eigenvalue weighted by atomic mass is 10.2. The highest BCUT2D eigenvalue weighted by Crippen LogP contribution is 2.19. The third-order valence-electron chi connectivity index (χ3n) is 3.32. The summed E-state index contributed by atoms with van der Waals surface area (Å²) in [7, 11) is 0. The molecule has 0 bridgehead atoms. The van der Waals surface area contributed by atoms with Crippen molar-refractivity contribution in [2.45, 2.75) is 31.7 Å². The van der Waals surface area contributed by atoms with Crippen molar-refractivity contribution >= 4 is 23.8 Å². The molecule has 0 aromatic carbocycles. The van der Waals surface area contributed by atoms with E-state index in [0.717, 1.165) is 24.3 Å². The zero-order chi connectivity index (χ0) is 16.7. The Morgan fingerprint density at radius 3 is 2.70 bits per heavy atom. The van der Waals surface area contributed by atoms with E-state index in [1.54, 1.807) is 11.8 Å². The molecule has 1 aliphatic heterocycles. The molecule has 8 nitrogen and oxygen atoms in total. The molecule has 1 aromatic rings. The summed E-state index contributed by atoms with van der Waals surface area (Å²) in [5.74, 6) is 0.716. The van der Waals surface area contributed by atoms with Crippen LogP contribution in [0.2, 0.25) is 0 Å². The van der Waals surface area contributed by atoms with Crippen LogP contribution in [0.3, 0.4) is 0 Å². The highest BCUT2D eigenvalue weighted by Gasteiger charge is 2.19. The van der Waals surface area contributed by atoms with Gasteiger partial charge in [-0.25, -0.2) is 9.59 Å². The predicted molar refractivity (Wildman–Crippen MR) is 85.5 cm³/mol. The van der Waals surface area contributed by atoms with Crippen LogP contribution in [-0.4, -0.2) is 51.0 Å². The van der Waals surface area contributed by atoms with Crippen molar-refractivity contribution in [1.82, 2.24) is 15.4 Å². The number of aromatic nitrogens is 1. The molecule has 1 unspecified atom stereocenters. The normalized spacial score (nSPS) is 16.9. The number of aromatic hydroxyl groups is 2. The van der Waals surface area contributed by atoms with Gasteiger partial charge in [0.25, 0.3) is 0 Å². The van der Waals surface area contributed by atoms with Crippen molar-refractivity contribution < 1.29 is 24.6 Å². The molecule has 4 N–H and O–H groups in total. The number of unbranched alkanes of at least 4 members (excludes halogenated alkanes) is 2. The summed E-state index contributed by atoms with van der Waals surface area (Å²) in [5.41, 5.74) is 0. The average molecular weight is 343 g/mol. The first-order valence-electron chi connectivity index (χ1n) is 7.49. The summed E-state index contributed by atoms with van der Waals surface area (Å²) < 4.78 is 0.697. The molecular weight excluding hydrogens is 322 g/mol. The van der Waals surface area contributed by atoms with Crippen LogP contribution in [0.15, 0.2) is 12.1 Å². The Labute approximate surface area is 138 Å². The molecule has 9 heteroatoms. The maximum absolute atomic E-state index is 11.6. The fourth-order valence-electron chi connectivity index (χ4n) is 2.12. The predicted octanol–water partition coefficient (Wildman–Crippen LogP) is 0.829. The molecule has 1 saturated heterocycles. The summed E-state index contributed by atoms with van der Waals surface area (Å²) >= 11 is 1.78. The number of thioether (sulfide) groups is 1. The van der Waals surface area contributed by atoms with Crippen LogP contribution < -0.4 is 15.5 Å². The SMILES string of the molecule is O=C1NCC(CSCCCCCC(=O)On2c(O)ccc2O)N1. The van der Waals surface area contributed by atoms with E-state index in [2.05, 4.69) is 10.6 Å². The Balaban J connectivity index is 1.49. The summed E-state index contributed by atoms with van der Waals surface area (Å²) in [6.45, 7) is 0.677. The first-order valence-corrected chi connectivity index (χ1v) is 8.64. The zero-order valence-corrected chi connectivity index (χ0v) is 13.5. The summed E-state index contributed by atoms with van der Waals surface area (Å²) in [5, 5.41) is 24.2. The van der Waals surface area contributed by atoms with E-state index < -0.39 is 5.97 Å². The number of hydrogen-bond acceptors (Lipinski definition) is 6. The van der Waals surface area contributed by atoms with Gasteiger partial charge in [0.1, 0.15) is 0 Å². The number of nitrogens with zero attached hydrogens (tertiary/aromatic N) is 1. The number of nitrogens with one attached hydrogen (secondary N) is 2. The van der Waals surface area contributed by atoms with Gasteiger partial charge in [-0.3, -0.25) is 0 Å². The van der Waals surface area contributed by atoms with Crippen LogP contribution >= 0.6 is 11.8 Å². The number of carbonyl (C=O) groups excluding carboxylic acids is 2. The Bertz CT molecular complexity index is 529. The largest absolute Gasteiger partial charge is 0.492 e. The van der Waals surface area contributed by atoms with Crippen molar-refractivity contribution in [3.05, 3.63) is 12.1 Å². The Morgan fingerprint density at radius 1 is 1.30 bits per heavy atom. The van der Waals surface area contributed by atoms with Crippen molar-refractivity contribution in [2.24, 2.45) is 0 Å². The lowest BCUT2D eigenvalue weighted by Gasteiger charge is -2.08. The minimum absolute atomic E-state index is 0.103. The van der Waals surface area contributed by atoms with Crippen molar-refractivity contribution in [3.8, 4) is 11.8 Å². The first-order chi connectivity index (χ1) is 11.1. The van der Waals surface area contributed by atoms with Gasteiger partial charge in [-0.2, -0.15) is 11.8 Å². The molecule has 1 atom stereocenters. The molecule has 0 saturated carbocycles. The van der Waals surface area contributed by atoms with Gasteiger partial charge < -0.3 is 25.7 Å². The van der Waals surface area contributed by atoms with E-state index in [1.165, 1.54) is 12.1 Å². The topological polar surface area (TPSA) is 113 Å². The maximum Gasteiger partial charge on any atom is 0.333 e. The quantitative estimate of drug-likeness (QED) is 0.494. The van der Waals surface area contributed by atoms with Gasteiger partial charge in [0.2, 0.25) is 11.8 Å². The summed E-state index contributed by atoms with van der Waals surface area (Å²) in [4.78, 5) is 27.4. The first kappa shape index (κ1) is 17.3. The van der Waals surface area contributed by atoms with Gasteiger partial charge in [-0.1, -0.05) is 6.42 Å². The van der Waals surface area contributed by atoms with Gasteiger partial charge in [-0.15, -0.1) is 4.73 Å². The monoisotopic (exact) mass is 343 g/mol. The maximum atomic E-state index is 11.6. The van der Waals surface area contributed by atoms with Gasteiger partial charge in [0.15, 0.2) is 0 Å². The van der Waals surface area contributed by atoms with Crippen molar-refractivity contribution in [1.29, 1.82) is 0 Å². The molecular formula is C14H21N3O5S. The molecule has 2 amide bonds. The molecule has 1 aliphatic rings. The standard InChI is InChI=1S/C14H21N3O5S/c18-11-5-6-12(19)17(11)22-13(20)4-2-1-3-7-23-9-10-8-15-14(21)16-10/h5-6,10,18-19H,1-4,7-9H2,(H2,15,16,21). The van der Waals surface area contributed by atoms with Crippen LogP contribution in [0.1, 0.15) is 25.7 Å². The van der Waals surface area contributed by atoms with Gasteiger partial charge in [-0.05, 0) is 18.6 Å². The van der Waals surface area contributed by atoms with Gasteiger partial charge in [0, 0.05) is 30.9 Å². The van der Waals surface area contributed by atoms with Crippen LogP contribution in [0.4, 0.5) is 4.79 Å². The minimum Gasteiger partial charge on any atom is -0.492 e. The summed E-state index contributed by atoms with van der Waals surface area (Å²) in [6.07, 6.45) is 2.78. The van der Waals surface area contributed by atoms with E-state index in [4.69, 9.17) is 4.84 Å². The van der Waals surface area contributed by atoms with Gasteiger partial charge >= 0.3 is 12.0 Å². The smallest absolute Gasteiger partial charge is 0.333 e. The minimum atomic E-state index is -0.501. The molecule has 128 valence electrons. The second-order valence-corrected chi connectivity index (χ2v) is 6.39. The lowest BCUT2D eigenvalue weighted by Crippen LogP contribution is -2.28. The Hall–Kier alpha value is -2.03. The molecule has 1 aromatic heterocycles. The van der Waals surface area contributed by atoms with Crippen LogP contribution in [0.5, 0.6) is 11.8 Å².